The van der Waals surface area contributed by atoms with Crippen LogP contribution in [0.2, 0.25) is 5.02 Å². The zero-order valence-electron chi connectivity index (χ0n) is 27.7. The molecule has 0 saturated carbocycles. The number of aromatic nitrogens is 1. The summed E-state index contributed by atoms with van der Waals surface area (Å²) < 4.78 is 9.00. The number of benzene rings is 6. The lowest BCUT2D eigenvalue weighted by Gasteiger charge is -2.36. The third-order valence-electron chi connectivity index (χ3n) is 9.11. The number of amides is 1. The van der Waals surface area contributed by atoms with Gasteiger partial charge in [-0.05, 0) is 64.6 Å². The number of aryl methyl sites for hydroxylation is 1. The number of carbonyl (C=O) groups is 2. The molecule has 1 aromatic heterocycles. The first-order chi connectivity index (χ1) is 25.0. The molecule has 6 aromatic carbocycles. The van der Waals surface area contributed by atoms with Gasteiger partial charge in [-0.1, -0.05) is 145 Å². The smallest absolute Gasteiger partial charge is 0.337 e. The Hall–Kier alpha value is -5.95. The fraction of sp³-hybridized carbons (Fsp3) is 0.0909. The van der Waals surface area contributed by atoms with Gasteiger partial charge >= 0.3 is 5.97 Å². The van der Waals surface area contributed by atoms with E-state index >= 15 is 0 Å². The van der Waals surface area contributed by atoms with E-state index in [4.69, 9.17) is 16.3 Å². The molecule has 252 valence electrons. The van der Waals surface area contributed by atoms with Gasteiger partial charge in [-0.15, -0.1) is 0 Å². The minimum atomic E-state index is -1.18. The second kappa shape index (κ2) is 14.9. The van der Waals surface area contributed by atoms with E-state index in [1.165, 1.54) is 6.07 Å². The van der Waals surface area contributed by atoms with Gasteiger partial charge in [0.15, 0.2) is 0 Å². The average Bonchev–Trinajstić information content (AvgIpc) is 3.55. The number of carboxylic acid groups (broad SMARTS) is 1. The molecule has 7 aromatic rings. The van der Waals surface area contributed by atoms with Crippen LogP contribution < -0.4 is 5.32 Å². The van der Waals surface area contributed by atoms with Crippen molar-refractivity contribution >= 4 is 40.1 Å². The van der Waals surface area contributed by atoms with Gasteiger partial charge in [0.1, 0.15) is 11.3 Å². The Bertz CT molecular complexity index is 2190. The molecule has 0 atom stereocenters. The van der Waals surface area contributed by atoms with E-state index in [-0.39, 0.29) is 16.3 Å². The lowest BCUT2D eigenvalue weighted by atomic mass is 9.80. The molecular weight excluding hydrogens is 656 g/mol. The maximum atomic E-state index is 14.0. The molecule has 0 aliphatic heterocycles. The molecule has 0 aliphatic carbocycles. The number of nitrogens with zero attached hydrogens (tertiary/aromatic N) is 1. The van der Waals surface area contributed by atoms with Crippen LogP contribution in [0.4, 0.5) is 5.69 Å². The molecule has 6 nitrogen and oxygen atoms in total. The van der Waals surface area contributed by atoms with Gasteiger partial charge in [0.2, 0.25) is 0 Å². The van der Waals surface area contributed by atoms with Crippen LogP contribution >= 0.6 is 11.6 Å². The third-order valence-corrected chi connectivity index (χ3v) is 9.42. The number of carboxylic acids is 1. The number of nitrogens with one attached hydrogen (secondary N) is 1. The van der Waals surface area contributed by atoms with Gasteiger partial charge in [0.05, 0.1) is 22.9 Å². The van der Waals surface area contributed by atoms with Crippen LogP contribution in [-0.4, -0.2) is 28.2 Å². The SMILES string of the molecule is O=C(O)c1cccc(Cl)c1NC(=O)c1cc2cc(-c3ccccc3)ccc2n1CCCOC(c1ccccc1)(c1ccccc1)c1ccccc1. The molecule has 1 amide bonds. The summed E-state index contributed by atoms with van der Waals surface area (Å²) in [7, 11) is 0. The Balaban J connectivity index is 1.24. The van der Waals surface area contributed by atoms with Gasteiger partial charge in [-0.2, -0.15) is 0 Å². The van der Waals surface area contributed by atoms with Crippen LogP contribution in [-0.2, 0) is 16.9 Å². The Morgan fingerprint density at radius 2 is 1.24 bits per heavy atom. The first-order valence-electron chi connectivity index (χ1n) is 16.8. The Morgan fingerprint density at radius 3 is 1.80 bits per heavy atom. The van der Waals surface area contributed by atoms with E-state index < -0.39 is 17.5 Å². The monoisotopic (exact) mass is 690 g/mol. The van der Waals surface area contributed by atoms with Crippen LogP contribution in [0.3, 0.4) is 0 Å². The van der Waals surface area contributed by atoms with Crippen LogP contribution in [0.1, 0.15) is 44.0 Å². The van der Waals surface area contributed by atoms with Gasteiger partial charge < -0.3 is 19.7 Å². The zero-order chi connectivity index (χ0) is 35.2. The fourth-order valence-electron chi connectivity index (χ4n) is 6.73. The third kappa shape index (κ3) is 6.80. The van der Waals surface area contributed by atoms with Gasteiger partial charge in [0.25, 0.3) is 5.91 Å². The molecule has 51 heavy (non-hydrogen) atoms. The second-order valence-corrected chi connectivity index (χ2v) is 12.6. The number of carbonyl (C=O) groups excluding carboxylic acids is 1. The molecule has 0 spiro atoms. The highest BCUT2D eigenvalue weighted by molar-refractivity contribution is 6.35. The molecule has 0 aliphatic rings. The summed E-state index contributed by atoms with van der Waals surface area (Å²) in [6.45, 7) is 0.828. The number of fused-ring (bicyclic) bond motifs is 1. The second-order valence-electron chi connectivity index (χ2n) is 12.2. The lowest BCUT2D eigenvalue weighted by molar-refractivity contribution is 0.0101. The van der Waals surface area contributed by atoms with Crippen molar-refractivity contribution in [1.82, 2.24) is 4.57 Å². The highest BCUT2D eigenvalue weighted by Gasteiger charge is 2.37. The lowest BCUT2D eigenvalue weighted by Crippen LogP contribution is -2.33. The minimum Gasteiger partial charge on any atom is -0.478 e. The first-order valence-corrected chi connectivity index (χ1v) is 17.2. The van der Waals surface area contributed by atoms with E-state index in [0.29, 0.717) is 25.3 Å². The van der Waals surface area contributed by atoms with Crippen molar-refractivity contribution in [2.75, 3.05) is 11.9 Å². The van der Waals surface area contributed by atoms with E-state index in [0.717, 1.165) is 38.7 Å². The van der Waals surface area contributed by atoms with Crippen LogP contribution in [0.25, 0.3) is 22.0 Å². The summed E-state index contributed by atoms with van der Waals surface area (Å²) in [4.78, 5) is 26.0. The molecule has 0 saturated heterocycles. The predicted octanol–water partition coefficient (Wildman–Crippen LogP) is 10.3. The molecule has 7 rings (SSSR count). The Labute approximate surface area is 301 Å². The first kappa shape index (κ1) is 33.5. The van der Waals surface area contributed by atoms with Crippen molar-refractivity contribution in [3.8, 4) is 11.1 Å². The number of para-hydroxylation sites is 1. The highest BCUT2D eigenvalue weighted by Crippen LogP contribution is 2.40. The topological polar surface area (TPSA) is 80.6 Å². The zero-order valence-corrected chi connectivity index (χ0v) is 28.5. The summed E-state index contributed by atoms with van der Waals surface area (Å²) >= 11 is 6.41. The molecule has 2 N–H and O–H groups in total. The number of rotatable bonds is 12. The van der Waals surface area contributed by atoms with E-state index in [1.54, 1.807) is 12.1 Å². The van der Waals surface area contributed by atoms with Crippen molar-refractivity contribution < 1.29 is 19.4 Å². The van der Waals surface area contributed by atoms with Crippen LogP contribution in [0.5, 0.6) is 0 Å². The molecule has 0 unspecified atom stereocenters. The number of hydrogen-bond acceptors (Lipinski definition) is 3. The van der Waals surface area contributed by atoms with Crippen LogP contribution in [0, 0.1) is 0 Å². The minimum absolute atomic E-state index is 0.0557. The average molecular weight is 691 g/mol. The number of aromatic carboxylic acids is 1. The molecule has 0 fully saturated rings. The Kier molecular flexibility index (Phi) is 9.79. The highest BCUT2D eigenvalue weighted by atomic mass is 35.5. The Morgan fingerprint density at radius 1 is 0.667 bits per heavy atom. The van der Waals surface area contributed by atoms with E-state index in [1.807, 2.05) is 108 Å². The molecular formula is C44H35ClN2O4. The predicted molar refractivity (Wildman–Crippen MR) is 204 cm³/mol. The normalized spacial score (nSPS) is 11.4. The standard InChI is InChI=1S/C44H35ClN2O4/c45-38-24-13-23-37(43(49)50)41(38)46-42(48)40-30-33-29-32(31-15-5-1-6-16-31)25-26-39(33)47(40)27-14-28-51-44(34-17-7-2-8-18-34,35-19-9-3-10-20-35)36-21-11-4-12-22-36/h1-13,15-26,29-30H,14,27-28H2,(H,46,48)(H,49,50). The van der Waals surface area contributed by atoms with Crippen LogP contribution in [0.15, 0.2) is 164 Å². The summed E-state index contributed by atoms with van der Waals surface area (Å²) in [5.41, 5.74) is 5.47. The molecule has 1 heterocycles. The number of halogens is 1. The largest absolute Gasteiger partial charge is 0.478 e. The quantitative estimate of drug-likeness (QED) is 0.0988. The summed E-state index contributed by atoms with van der Waals surface area (Å²) in [6.07, 6.45) is 0.575. The number of anilines is 1. The molecule has 0 radical (unpaired) electrons. The summed E-state index contributed by atoms with van der Waals surface area (Å²) in [5, 5.41) is 13.6. The maximum absolute atomic E-state index is 14.0. The molecule has 7 heteroatoms. The summed E-state index contributed by atoms with van der Waals surface area (Å²) in [5.74, 6) is -1.65. The van der Waals surface area contributed by atoms with Crippen molar-refractivity contribution in [2.24, 2.45) is 0 Å². The number of hydrogen-bond donors (Lipinski definition) is 2. The van der Waals surface area contributed by atoms with Crippen molar-refractivity contribution in [3.63, 3.8) is 0 Å². The van der Waals surface area contributed by atoms with Gasteiger partial charge in [-0.25, -0.2) is 4.79 Å². The molecule has 0 bridgehead atoms. The fourth-order valence-corrected chi connectivity index (χ4v) is 6.96. The van der Waals surface area contributed by atoms with E-state index in [2.05, 4.69) is 47.8 Å². The maximum Gasteiger partial charge on any atom is 0.337 e. The number of ether oxygens (including phenoxy) is 1. The van der Waals surface area contributed by atoms with Crippen molar-refractivity contribution in [2.45, 2.75) is 18.6 Å². The van der Waals surface area contributed by atoms with E-state index in [9.17, 15) is 14.7 Å². The van der Waals surface area contributed by atoms with Gasteiger partial charge in [0, 0.05) is 17.4 Å². The summed E-state index contributed by atoms with van der Waals surface area (Å²) in [6, 6.07) is 53.2. The van der Waals surface area contributed by atoms with Gasteiger partial charge in [-0.3, -0.25) is 4.79 Å². The van der Waals surface area contributed by atoms with Crippen molar-refractivity contribution in [3.05, 3.63) is 197 Å². The van der Waals surface area contributed by atoms with Crippen molar-refractivity contribution in [1.29, 1.82) is 0 Å².